The summed E-state index contributed by atoms with van der Waals surface area (Å²) in [5, 5.41) is 6.54. The lowest BCUT2D eigenvalue weighted by molar-refractivity contribution is -0.120. The fraction of sp³-hybridized carbons (Fsp3) is 0.562. The molecule has 0 spiro atoms. The summed E-state index contributed by atoms with van der Waals surface area (Å²) in [5.41, 5.74) is 1.34. The third kappa shape index (κ3) is 4.84. The summed E-state index contributed by atoms with van der Waals surface area (Å²) in [6.45, 7) is 0.972. The number of nitrogens with one attached hydrogen (secondary N) is 2. The Hall–Kier alpha value is -1.00. The van der Waals surface area contributed by atoms with Crippen LogP contribution in [0, 0.1) is 0 Å². The van der Waals surface area contributed by atoms with Crippen molar-refractivity contribution in [3.63, 3.8) is 0 Å². The Morgan fingerprint density at radius 1 is 1.10 bits per heavy atom. The lowest BCUT2D eigenvalue weighted by Crippen LogP contribution is -2.25. The topological polar surface area (TPSA) is 41.1 Å². The standard InChI is InChI=1S/C16H22N2OS/c19-16(18-14-5-6-14)9-10-20-15-7-1-12(2-8-15)11-17-13-3-4-13/h1-2,7-8,13-14,17H,3-6,9-11H2,(H,18,19). The molecule has 0 aliphatic heterocycles. The fourth-order valence-electron chi connectivity index (χ4n) is 2.04. The maximum atomic E-state index is 11.6. The van der Waals surface area contributed by atoms with Gasteiger partial charge >= 0.3 is 0 Å². The van der Waals surface area contributed by atoms with Crippen molar-refractivity contribution in [3.05, 3.63) is 29.8 Å². The highest BCUT2D eigenvalue weighted by Crippen LogP contribution is 2.22. The van der Waals surface area contributed by atoms with Gasteiger partial charge in [-0.25, -0.2) is 0 Å². The summed E-state index contributed by atoms with van der Waals surface area (Å²) in [7, 11) is 0. The van der Waals surface area contributed by atoms with Crippen LogP contribution < -0.4 is 10.6 Å². The molecule has 1 aromatic carbocycles. The van der Waals surface area contributed by atoms with Crippen molar-refractivity contribution in [2.75, 3.05) is 5.75 Å². The minimum atomic E-state index is 0.199. The smallest absolute Gasteiger partial charge is 0.221 e. The first-order valence-corrected chi connectivity index (χ1v) is 8.52. The molecular formula is C16H22N2OS. The summed E-state index contributed by atoms with van der Waals surface area (Å²) in [5.74, 6) is 1.06. The molecule has 0 saturated heterocycles. The molecule has 2 aliphatic rings. The molecule has 1 amide bonds. The van der Waals surface area contributed by atoms with Crippen molar-refractivity contribution in [1.29, 1.82) is 0 Å². The van der Waals surface area contributed by atoms with Gasteiger partial charge in [-0.1, -0.05) is 12.1 Å². The first kappa shape index (κ1) is 14.0. The van der Waals surface area contributed by atoms with E-state index in [1.54, 1.807) is 11.8 Å². The van der Waals surface area contributed by atoms with Crippen LogP contribution in [0.25, 0.3) is 0 Å². The Kier molecular flexibility index (Phi) is 4.63. The Labute approximate surface area is 124 Å². The average Bonchev–Trinajstić information content (AvgIpc) is 3.33. The van der Waals surface area contributed by atoms with Crippen molar-refractivity contribution >= 4 is 17.7 Å². The molecule has 0 heterocycles. The summed E-state index contributed by atoms with van der Waals surface area (Å²) < 4.78 is 0. The molecule has 0 bridgehead atoms. The molecule has 0 unspecified atom stereocenters. The third-order valence-electron chi connectivity index (χ3n) is 3.64. The van der Waals surface area contributed by atoms with Crippen LogP contribution in [0.3, 0.4) is 0 Å². The number of hydrogen-bond donors (Lipinski definition) is 2. The Morgan fingerprint density at radius 3 is 2.45 bits per heavy atom. The van der Waals surface area contributed by atoms with Crippen LogP contribution in [0.2, 0.25) is 0 Å². The summed E-state index contributed by atoms with van der Waals surface area (Å²) in [4.78, 5) is 12.8. The number of thioether (sulfide) groups is 1. The maximum absolute atomic E-state index is 11.6. The van der Waals surface area contributed by atoms with Gasteiger partial charge in [0.05, 0.1) is 0 Å². The summed E-state index contributed by atoms with van der Waals surface area (Å²) in [6, 6.07) is 9.92. The van der Waals surface area contributed by atoms with Crippen molar-refractivity contribution in [1.82, 2.24) is 10.6 Å². The van der Waals surface area contributed by atoms with E-state index in [4.69, 9.17) is 0 Å². The van der Waals surface area contributed by atoms with Gasteiger partial charge in [0.2, 0.25) is 5.91 Å². The number of carbonyl (C=O) groups is 1. The second-order valence-corrected chi connectivity index (χ2v) is 6.91. The van der Waals surface area contributed by atoms with E-state index in [9.17, 15) is 4.79 Å². The molecule has 2 fully saturated rings. The van der Waals surface area contributed by atoms with Crippen LogP contribution in [-0.4, -0.2) is 23.7 Å². The number of rotatable bonds is 8. The second-order valence-electron chi connectivity index (χ2n) is 5.74. The molecule has 3 nitrogen and oxygen atoms in total. The van der Waals surface area contributed by atoms with E-state index in [-0.39, 0.29) is 5.91 Å². The second kappa shape index (κ2) is 6.64. The quantitative estimate of drug-likeness (QED) is 0.723. The molecule has 0 radical (unpaired) electrons. The molecule has 2 N–H and O–H groups in total. The molecule has 0 atom stereocenters. The molecule has 3 rings (SSSR count). The van der Waals surface area contributed by atoms with Gasteiger partial charge in [0.1, 0.15) is 0 Å². The molecule has 2 saturated carbocycles. The van der Waals surface area contributed by atoms with Gasteiger partial charge in [-0.15, -0.1) is 11.8 Å². The van der Waals surface area contributed by atoms with Crippen molar-refractivity contribution in [2.45, 2.75) is 55.6 Å². The highest BCUT2D eigenvalue weighted by atomic mass is 32.2. The minimum Gasteiger partial charge on any atom is -0.353 e. The lowest BCUT2D eigenvalue weighted by Gasteiger charge is -2.06. The Bertz CT molecular complexity index is 452. The minimum absolute atomic E-state index is 0.199. The molecule has 0 aromatic heterocycles. The maximum Gasteiger partial charge on any atom is 0.221 e. The predicted octanol–water partition coefficient (Wildman–Crippen LogP) is 2.70. The predicted molar refractivity (Wildman–Crippen MR) is 82.8 cm³/mol. The van der Waals surface area contributed by atoms with E-state index >= 15 is 0 Å². The molecular weight excluding hydrogens is 268 g/mol. The van der Waals surface area contributed by atoms with Crippen molar-refractivity contribution < 1.29 is 4.79 Å². The summed E-state index contributed by atoms with van der Waals surface area (Å²) >= 11 is 1.76. The zero-order valence-corrected chi connectivity index (χ0v) is 12.5. The highest BCUT2D eigenvalue weighted by Gasteiger charge is 2.22. The molecule has 1 aromatic rings. The molecule has 20 heavy (non-hydrogen) atoms. The van der Waals surface area contributed by atoms with Crippen LogP contribution in [0.15, 0.2) is 29.2 Å². The van der Waals surface area contributed by atoms with E-state index in [1.807, 2.05) is 0 Å². The fourth-order valence-corrected chi connectivity index (χ4v) is 2.89. The SMILES string of the molecule is O=C(CCSc1ccc(CNC2CC2)cc1)NC1CC1. The van der Waals surface area contributed by atoms with Gasteiger partial charge in [-0.2, -0.15) is 0 Å². The zero-order valence-electron chi connectivity index (χ0n) is 11.7. The molecule has 4 heteroatoms. The van der Waals surface area contributed by atoms with Crippen molar-refractivity contribution in [2.24, 2.45) is 0 Å². The van der Waals surface area contributed by atoms with Crippen LogP contribution >= 0.6 is 11.8 Å². The van der Waals surface area contributed by atoms with Crippen LogP contribution in [0.1, 0.15) is 37.7 Å². The molecule has 2 aliphatic carbocycles. The van der Waals surface area contributed by atoms with Gasteiger partial charge in [-0.05, 0) is 43.4 Å². The van der Waals surface area contributed by atoms with Crippen LogP contribution in [-0.2, 0) is 11.3 Å². The third-order valence-corrected chi connectivity index (χ3v) is 4.65. The summed E-state index contributed by atoms with van der Waals surface area (Å²) in [6.07, 6.45) is 5.60. The van der Waals surface area contributed by atoms with E-state index in [1.165, 1.54) is 23.3 Å². The van der Waals surface area contributed by atoms with E-state index in [2.05, 4.69) is 34.9 Å². The lowest BCUT2D eigenvalue weighted by atomic mass is 10.2. The number of amides is 1. The Morgan fingerprint density at radius 2 is 1.80 bits per heavy atom. The van der Waals surface area contributed by atoms with Gasteiger partial charge < -0.3 is 10.6 Å². The first-order valence-electron chi connectivity index (χ1n) is 7.54. The normalized spacial score (nSPS) is 18.0. The van der Waals surface area contributed by atoms with Gasteiger partial charge in [-0.3, -0.25) is 4.79 Å². The van der Waals surface area contributed by atoms with Crippen LogP contribution in [0.4, 0.5) is 0 Å². The largest absolute Gasteiger partial charge is 0.353 e. The van der Waals surface area contributed by atoms with Crippen LogP contribution in [0.5, 0.6) is 0 Å². The van der Waals surface area contributed by atoms with Crippen molar-refractivity contribution in [3.8, 4) is 0 Å². The number of hydrogen-bond acceptors (Lipinski definition) is 3. The monoisotopic (exact) mass is 290 g/mol. The van der Waals surface area contributed by atoms with Gasteiger partial charge in [0.15, 0.2) is 0 Å². The van der Waals surface area contributed by atoms with E-state index in [0.29, 0.717) is 12.5 Å². The zero-order chi connectivity index (χ0) is 13.8. The molecule has 108 valence electrons. The van der Waals surface area contributed by atoms with Gasteiger partial charge in [0, 0.05) is 35.7 Å². The van der Waals surface area contributed by atoms with Gasteiger partial charge in [0.25, 0.3) is 0 Å². The number of carbonyl (C=O) groups excluding carboxylic acids is 1. The van der Waals surface area contributed by atoms with E-state index in [0.717, 1.165) is 31.2 Å². The highest BCUT2D eigenvalue weighted by molar-refractivity contribution is 7.99. The first-order chi connectivity index (χ1) is 9.79. The Balaban J connectivity index is 1.34. The average molecular weight is 290 g/mol. The number of benzene rings is 1. The van der Waals surface area contributed by atoms with E-state index < -0.39 is 0 Å².